The number of anilines is 1. The van der Waals surface area contributed by atoms with Crippen molar-refractivity contribution in [1.82, 2.24) is 4.98 Å². The van der Waals surface area contributed by atoms with E-state index in [0.717, 1.165) is 33.9 Å². The molecular formula is C20H17N3O3S. The van der Waals surface area contributed by atoms with Crippen LogP contribution in [0.15, 0.2) is 41.8 Å². The zero-order chi connectivity index (χ0) is 19.0. The zero-order valence-corrected chi connectivity index (χ0v) is 15.4. The minimum absolute atomic E-state index is 0.275. The number of nitrogens with two attached hydrogens (primary N) is 1. The Labute approximate surface area is 160 Å². The lowest BCUT2D eigenvalue weighted by Crippen LogP contribution is -2.18. The van der Waals surface area contributed by atoms with E-state index in [2.05, 4.69) is 10.3 Å². The van der Waals surface area contributed by atoms with E-state index in [9.17, 15) is 9.59 Å². The van der Waals surface area contributed by atoms with Crippen molar-refractivity contribution in [3.63, 3.8) is 0 Å². The minimum Gasteiger partial charge on any atom is -0.493 e. The molecule has 0 spiro atoms. The second-order valence-corrected chi connectivity index (χ2v) is 7.18. The van der Waals surface area contributed by atoms with E-state index in [-0.39, 0.29) is 11.5 Å². The van der Waals surface area contributed by atoms with E-state index >= 15 is 0 Å². The van der Waals surface area contributed by atoms with Gasteiger partial charge in [0.1, 0.15) is 16.5 Å². The number of hydrogen-bond donors (Lipinski definition) is 2. The van der Waals surface area contributed by atoms with E-state index in [1.165, 1.54) is 11.3 Å². The third-order valence-corrected chi connectivity index (χ3v) is 5.25. The highest BCUT2D eigenvalue weighted by Gasteiger charge is 2.17. The number of carbonyl (C=O) groups excluding carboxylic acids is 2. The van der Waals surface area contributed by atoms with Gasteiger partial charge in [0.2, 0.25) is 0 Å². The Balaban J connectivity index is 1.57. The molecule has 0 bridgehead atoms. The summed E-state index contributed by atoms with van der Waals surface area (Å²) in [7, 11) is 0. The van der Waals surface area contributed by atoms with Gasteiger partial charge in [0.05, 0.1) is 17.9 Å². The summed E-state index contributed by atoms with van der Waals surface area (Å²) in [5.41, 5.74) is 9.35. The van der Waals surface area contributed by atoms with Crippen LogP contribution in [-0.2, 0) is 6.42 Å². The molecule has 1 aliphatic heterocycles. The molecule has 0 aliphatic carbocycles. The van der Waals surface area contributed by atoms with Crippen molar-refractivity contribution in [2.45, 2.75) is 13.3 Å². The number of amides is 2. The van der Waals surface area contributed by atoms with E-state index in [1.54, 1.807) is 23.6 Å². The highest BCUT2D eigenvalue weighted by molar-refractivity contribution is 7.13. The van der Waals surface area contributed by atoms with Crippen molar-refractivity contribution in [2.24, 2.45) is 5.73 Å². The Kier molecular flexibility index (Phi) is 4.37. The Bertz CT molecular complexity index is 1060. The number of carbonyl (C=O) groups is 2. The summed E-state index contributed by atoms with van der Waals surface area (Å²) >= 11 is 1.40. The first-order chi connectivity index (χ1) is 13.0. The summed E-state index contributed by atoms with van der Waals surface area (Å²) in [6.07, 6.45) is 0.880. The van der Waals surface area contributed by atoms with Crippen LogP contribution in [0, 0.1) is 6.92 Å². The number of benzene rings is 2. The molecule has 0 atom stereocenters. The third-order valence-electron chi connectivity index (χ3n) is 4.36. The second-order valence-electron chi connectivity index (χ2n) is 6.33. The van der Waals surface area contributed by atoms with Crippen molar-refractivity contribution in [3.8, 4) is 16.3 Å². The number of aryl methyl sites for hydroxylation is 1. The molecule has 2 aromatic carbocycles. The van der Waals surface area contributed by atoms with Gasteiger partial charge in [0, 0.05) is 17.4 Å². The highest BCUT2D eigenvalue weighted by Crippen LogP contribution is 2.32. The van der Waals surface area contributed by atoms with Gasteiger partial charge in [-0.25, -0.2) is 4.98 Å². The number of thiazole rings is 1. The van der Waals surface area contributed by atoms with Crippen molar-refractivity contribution in [2.75, 3.05) is 11.9 Å². The van der Waals surface area contributed by atoms with Crippen LogP contribution in [-0.4, -0.2) is 23.4 Å². The van der Waals surface area contributed by atoms with Crippen LogP contribution in [0.25, 0.3) is 10.6 Å². The van der Waals surface area contributed by atoms with Gasteiger partial charge < -0.3 is 15.8 Å². The molecule has 2 amide bonds. The van der Waals surface area contributed by atoms with Gasteiger partial charge in [-0.05, 0) is 42.8 Å². The monoisotopic (exact) mass is 379 g/mol. The molecule has 0 fully saturated rings. The normalized spacial score (nSPS) is 12.3. The van der Waals surface area contributed by atoms with Gasteiger partial charge >= 0.3 is 0 Å². The Morgan fingerprint density at radius 1 is 1.22 bits per heavy atom. The first-order valence-electron chi connectivity index (χ1n) is 8.45. The van der Waals surface area contributed by atoms with Crippen molar-refractivity contribution in [1.29, 1.82) is 0 Å². The van der Waals surface area contributed by atoms with Gasteiger partial charge in [-0.3, -0.25) is 9.59 Å². The molecule has 136 valence electrons. The SMILES string of the molecule is Cc1ccc(NC(=O)c2csc(-c3ccc4c(c3)CCO4)n2)c(C(N)=O)c1. The predicted octanol–water partition coefficient (Wildman–Crippen LogP) is 3.40. The maximum absolute atomic E-state index is 12.6. The van der Waals surface area contributed by atoms with Crippen LogP contribution >= 0.6 is 11.3 Å². The van der Waals surface area contributed by atoms with Crippen molar-refractivity contribution >= 4 is 28.8 Å². The second kappa shape index (κ2) is 6.85. The first kappa shape index (κ1) is 17.2. The van der Waals surface area contributed by atoms with Gasteiger partial charge in [-0.2, -0.15) is 0 Å². The maximum Gasteiger partial charge on any atom is 0.275 e. The lowest BCUT2D eigenvalue weighted by atomic mass is 10.1. The molecule has 27 heavy (non-hydrogen) atoms. The molecule has 6 nitrogen and oxygen atoms in total. The van der Waals surface area contributed by atoms with Gasteiger partial charge in [0.15, 0.2) is 0 Å². The lowest BCUT2D eigenvalue weighted by Gasteiger charge is -2.08. The summed E-state index contributed by atoms with van der Waals surface area (Å²) in [6, 6.07) is 11.0. The molecule has 1 aromatic heterocycles. The fourth-order valence-corrected chi connectivity index (χ4v) is 3.78. The van der Waals surface area contributed by atoms with E-state index in [4.69, 9.17) is 10.5 Å². The minimum atomic E-state index is -0.590. The molecule has 3 aromatic rings. The third kappa shape index (κ3) is 3.41. The van der Waals surface area contributed by atoms with Crippen LogP contribution in [0.1, 0.15) is 32.0 Å². The molecular weight excluding hydrogens is 362 g/mol. The van der Waals surface area contributed by atoms with Gasteiger partial charge in [0.25, 0.3) is 11.8 Å². The molecule has 1 aliphatic rings. The Morgan fingerprint density at radius 3 is 2.89 bits per heavy atom. The largest absolute Gasteiger partial charge is 0.493 e. The Hall–Kier alpha value is -3.19. The summed E-state index contributed by atoms with van der Waals surface area (Å²) < 4.78 is 5.52. The smallest absolute Gasteiger partial charge is 0.275 e. The molecule has 0 saturated carbocycles. The van der Waals surface area contributed by atoms with Crippen LogP contribution in [0.5, 0.6) is 5.75 Å². The number of ether oxygens (including phenoxy) is 1. The number of nitrogens with one attached hydrogen (secondary N) is 1. The summed E-state index contributed by atoms with van der Waals surface area (Å²) in [5, 5.41) is 5.19. The molecule has 3 N–H and O–H groups in total. The average Bonchev–Trinajstić information content (AvgIpc) is 3.31. The maximum atomic E-state index is 12.6. The number of primary amides is 1. The number of rotatable bonds is 4. The molecule has 0 unspecified atom stereocenters. The highest BCUT2D eigenvalue weighted by atomic mass is 32.1. The quantitative estimate of drug-likeness (QED) is 0.726. The summed E-state index contributed by atoms with van der Waals surface area (Å²) in [5.74, 6) is -0.0618. The first-order valence-corrected chi connectivity index (χ1v) is 9.32. The van der Waals surface area contributed by atoms with Crippen LogP contribution in [0.3, 0.4) is 0 Å². The fourth-order valence-electron chi connectivity index (χ4n) is 2.99. The van der Waals surface area contributed by atoms with Gasteiger partial charge in [-0.1, -0.05) is 11.6 Å². The summed E-state index contributed by atoms with van der Waals surface area (Å²) in [6.45, 7) is 2.55. The fraction of sp³-hybridized carbons (Fsp3) is 0.150. The van der Waals surface area contributed by atoms with E-state index < -0.39 is 5.91 Å². The van der Waals surface area contributed by atoms with Crippen molar-refractivity contribution < 1.29 is 14.3 Å². The molecule has 4 rings (SSSR count). The predicted molar refractivity (Wildman–Crippen MR) is 104 cm³/mol. The lowest BCUT2D eigenvalue weighted by molar-refractivity contribution is 0.100. The summed E-state index contributed by atoms with van der Waals surface area (Å²) in [4.78, 5) is 28.6. The zero-order valence-electron chi connectivity index (χ0n) is 14.6. The standard InChI is InChI=1S/C20H17N3O3S/c1-11-2-4-15(14(8-11)18(21)24)22-19(25)16-10-27-20(23-16)13-3-5-17-12(9-13)6-7-26-17/h2-5,8-10H,6-7H2,1H3,(H2,21,24)(H,22,25). The van der Waals surface area contributed by atoms with Gasteiger partial charge in [-0.15, -0.1) is 11.3 Å². The van der Waals surface area contributed by atoms with Crippen LogP contribution < -0.4 is 15.8 Å². The molecule has 7 heteroatoms. The van der Waals surface area contributed by atoms with Crippen molar-refractivity contribution in [3.05, 3.63) is 64.2 Å². The molecule has 2 heterocycles. The van der Waals surface area contributed by atoms with Crippen LogP contribution in [0.2, 0.25) is 0 Å². The number of nitrogens with zero attached hydrogens (tertiary/aromatic N) is 1. The van der Waals surface area contributed by atoms with E-state index in [1.807, 2.05) is 25.1 Å². The number of hydrogen-bond acceptors (Lipinski definition) is 5. The Morgan fingerprint density at radius 2 is 2.07 bits per heavy atom. The number of aromatic nitrogens is 1. The van der Waals surface area contributed by atoms with E-state index in [0.29, 0.717) is 18.0 Å². The topological polar surface area (TPSA) is 94.3 Å². The average molecular weight is 379 g/mol. The molecule has 0 saturated heterocycles. The number of fused-ring (bicyclic) bond motifs is 1. The molecule has 0 radical (unpaired) electrons. The van der Waals surface area contributed by atoms with Crippen LogP contribution in [0.4, 0.5) is 5.69 Å².